The molecule has 0 spiro atoms. The number of fused-ring (bicyclic) bond motifs is 2. The summed E-state index contributed by atoms with van der Waals surface area (Å²) in [6.07, 6.45) is 0. The molecule has 0 N–H and O–H groups in total. The van der Waals surface area contributed by atoms with Gasteiger partial charge in [-0.3, -0.25) is 10.1 Å². The molecular formula is C24H13ClN2O3. The molecule has 0 unspecified atom stereocenters. The molecule has 0 saturated heterocycles. The van der Waals surface area contributed by atoms with Crippen molar-refractivity contribution in [2.75, 3.05) is 0 Å². The van der Waals surface area contributed by atoms with Crippen molar-refractivity contribution in [3.8, 4) is 5.69 Å². The van der Waals surface area contributed by atoms with Crippen LogP contribution in [0.3, 0.4) is 0 Å². The van der Waals surface area contributed by atoms with E-state index in [1.807, 2.05) is 59.2 Å². The molecule has 0 fully saturated rings. The number of para-hydroxylation sites is 3. The Labute approximate surface area is 174 Å². The van der Waals surface area contributed by atoms with E-state index in [2.05, 4.69) is 0 Å². The van der Waals surface area contributed by atoms with E-state index in [0.29, 0.717) is 16.2 Å². The van der Waals surface area contributed by atoms with E-state index in [1.54, 1.807) is 18.2 Å². The van der Waals surface area contributed by atoms with Gasteiger partial charge in [0.15, 0.2) is 0 Å². The van der Waals surface area contributed by atoms with Crippen molar-refractivity contribution in [1.29, 1.82) is 0 Å². The van der Waals surface area contributed by atoms with Gasteiger partial charge in [0.1, 0.15) is 16.9 Å². The Morgan fingerprint density at radius 2 is 1.50 bits per heavy atom. The zero-order chi connectivity index (χ0) is 20.4. The molecule has 0 amide bonds. The fraction of sp³-hybridized carbons (Fsp3) is 0. The minimum atomic E-state index is -0.366. The fourth-order valence-corrected chi connectivity index (χ4v) is 4.66. The molecule has 0 radical (unpaired) electrons. The third kappa shape index (κ3) is 2.18. The van der Waals surface area contributed by atoms with Crippen molar-refractivity contribution in [3.05, 3.63) is 94.0 Å². The van der Waals surface area contributed by atoms with Crippen LogP contribution in [0, 0.1) is 10.1 Å². The average molecular weight is 413 g/mol. The predicted molar refractivity (Wildman–Crippen MR) is 120 cm³/mol. The molecule has 144 valence electrons. The number of aromatic nitrogens is 1. The Kier molecular flexibility index (Phi) is 3.46. The molecule has 0 atom stereocenters. The highest BCUT2D eigenvalue weighted by Gasteiger charge is 2.22. The molecule has 6 heteroatoms. The molecule has 0 aliphatic rings. The number of halogens is 1. The molecule has 6 aromatic rings. The second-order valence-corrected chi connectivity index (χ2v) is 7.56. The first-order valence-electron chi connectivity index (χ1n) is 9.42. The SMILES string of the molecule is O=[N+]([O-])c1ccccc1-n1c2cccc3oc4cccc(c5cccc(Cl)c51)c4c32. The number of nitro benzene ring substituents is 1. The first-order valence-corrected chi connectivity index (χ1v) is 9.79. The maximum absolute atomic E-state index is 11.9. The predicted octanol–water partition coefficient (Wildman–Crippen LogP) is 7.24. The summed E-state index contributed by atoms with van der Waals surface area (Å²) >= 11 is 6.74. The number of hydrogen-bond acceptors (Lipinski definition) is 3. The highest BCUT2D eigenvalue weighted by atomic mass is 35.5. The van der Waals surface area contributed by atoms with Crippen molar-refractivity contribution in [3.63, 3.8) is 0 Å². The standard InChI is InChI=1S/C24H13ClN2O3/c25-16-8-3-7-15-14-6-4-12-20-22(14)23-19(11-5-13-21(23)30-20)26(24(15)16)17-9-1-2-10-18(17)27(28)29/h1-13H. The Bertz CT molecular complexity index is 1650. The molecule has 0 aliphatic carbocycles. The van der Waals surface area contributed by atoms with Crippen LogP contribution >= 0.6 is 11.6 Å². The second kappa shape index (κ2) is 6.08. The fourth-order valence-electron chi connectivity index (χ4n) is 4.40. The van der Waals surface area contributed by atoms with E-state index in [0.717, 1.165) is 38.2 Å². The van der Waals surface area contributed by atoms with Crippen LogP contribution in [0.2, 0.25) is 5.02 Å². The quantitative estimate of drug-likeness (QED) is 0.222. The third-order valence-electron chi connectivity index (χ3n) is 5.56. The Balaban J connectivity index is 2.04. The van der Waals surface area contributed by atoms with Gasteiger partial charge in [0.25, 0.3) is 5.69 Å². The number of nitro groups is 1. The minimum Gasteiger partial charge on any atom is -0.456 e. The Morgan fingerprint density at radius 3 is 2.33 bits per heavy atom. The van der Waals surface area contributed by atoms with Crippen molar-refractivity contribution in [1.82, 2.24) is 4.57 Å². The molecule has 4 aromatic carbocycles. The van der Waals surface area contributed by atoms with Gasteiger partial charge < -0.3 is 8.98 Å². The zero-order valence-electron chi connectivity index (χ0n) is 15.5. The molecule has 2 heterocycles. The topological polar surface area (TPSA) is 61.2 Å². The summed E-state index contributed by atoms with van der Waals surface area (Å²) < 4.78 is 8.01. The van der Waals surface area contributed by atoms with Crippen molar-refractivity contribution >= 4 is 61.0 Å². The maximum atomic E-state index is 11.9. The van der Waals surface area contributed by atoms with Crippen LogP contribution in [0.5, 0.6) is 0 Å². The summed E-state index contributed by atoms with van der Waals surface area (Å²) in [7, 11) is 0. The lowest BCUT2D eigenvalue weighted by molar-refractivity contribution is -0.384. The van der Waals surface area contributed by atoms with E-state index < -0.39 is 0 Å². The average Bonchev–Trinajstić information content (AvgIpc) is 3.08. The van der Waals surface area contributed by atoms with Crippen molar-refractivity contribution in [2.24, 2.45) is 0 Å². The van der Waals surface area contributed by atoms with E-state index >= 15 is 0 Å². The van der Waals surface area contributed by atoms with Crippen LogP contribution in [0.1, 0.15) is 0 Å². The largest absolute Gasteiger partial charge is 0.456 e. The van der Waals surface area contributed by atoms with E-state index in [9.17, 15) is 10.1 Å². The smallest absolute Gasteiger partial charge is 0.293 e. The van der Waals surface area contributed by atoms with Crippen LogP contribution in [0.25, 0.3) is 49.4 Å². The molecule has 2 aromatic heterocycles. The monoisotopic (exact) mass is 412 g/mol. The van der Waals surface area contributed by atoms with Gasteiger partial charge in [-0.25, -0.2) is 0 Å². The minimum absolute atomic E-state index is 0.00562. The van der Waals surface area contributed by atoms with E-state index in [4.69, 9.17) is 16.0 Å². The number of furan rings is 1. The normalized spacial score (nSPS) is 11.8. The lowest BCUT2D eigenvalue weighted by atomic mass is 10.1. The van der Waals surface area contributed by atoms with Gasteiger partial charge in [0.2, 0.25) is 0 Å². The molecule has 0 bridgehead atoms. The van der Waals surface area contributed by atoms with E-state index in [-0.39, 0.29) is 10.6 Å². The molecular weight excluding hydrogens is 400 g/mol. The Morgan fingerprint density at radius 1 is 0.800 bits per heavy atom. The van der Waals surface area contributed by atoms with Gasteiger partial charge in [0.05, 0.1) is 26.4 Å². The molecule has 5 nitrogen and oxygen atoms in total. The van der Waals surface area contributed by atoms with Crippen LogP contribution in [-0.4, -0.2) is 9.49 Å². The lowest BCUT2D eigenvalue weighted by Gasteiger charge is -2.13. The van der Waals surface area contributed by atoms with Crippen LogP contribution < -0.4 is 0 Å². The summed E-state index contributed by atoms with van der Waals surface area (Å²) in [6, 6.07) is 24.1. The first-order chi connectivity index (χ1) is 14.6. The van der Waals surface area contributed by atoms with Crippen molar-refractivity contribution < 1.29 is 9.34 Å². The summed E-state index contributed by atoms with van der Waals surface area (Å²) in [6.45, 7) is 0. The Hall–Kier alpha value is -3.83. The van der Waals surface area contributed by atoms with Gasteiger partial charge >= 0.3 is 0 Å². The second-order valence-electron chi connectivity index (χ2n) is 7.15. The van der Waals surface area contributed by atoms with Gasteiger partial charge in [-0.05, 0) is 35.7 Å². The summed E-state index contributed by atoms with van der Waals surface area (Å²) in [4.78, 5) is 11.5. The zero-order valence-corrected chi connectivity index (χ0v) is 16.3. The van der Waals surface area contributed by atoms with Gasteiger partial charge in [-0.15, -0.1) is 0 Å². The number of rotatable bonds is 2. The molecule has 6 rings (SSSR count). The molecule has 30 heavy (non-hydrogen) atoms. The maximum Gasteiger partial charge on any atom is 0.293 e. The number of benzene rings is 4. The summed E-state index contributed by atoms with van der Waals surface area (Å²) in [5, 5.41) is 16.2. The lowest BCUT2D eigenvalue weighted by Crippen LogP contribution is -2.02. The third-order valence-corrected chi connectivity index (χ3v) is 5.87. The first kappa shape index (κ1) is 17.1. The highest BCUT2D eigenvalue weighted by molar-refractivity contribution is 6.37. The van der Waals surface area contributed by atoms with Crippen LogP contribution in [0.4, 0.5) is 5.69 Å². The van der Waals surface area contributed by atoms with Gasteiger partial charge in [-0.2, -0.15) is 0 Å². The summed E-state index contributed by atoms with van der Waals surface area (Å²) in [5.74, 6) is 0. The number of hydrogen-bond donors (Lipinski definition) is 0. The number of nitrogens with zero attached hydrogens (tertiary/aromatic N) is 2. The van der Waals surface area contributed by atoms with Gasteiger partial charge in [0, 0.05) is 16.8 Å². The van der Waals surface area contributed by atoms with Gasteiger partial charge in [-0.1, -0.05) is 54.1 Å². The molecule has 0 saturated carbocycles. The molecule has 0 aliphatic heterocycles. The van der Waals surface area contributed by atoms with Crippen molar-refractivity contribution in [2.45, 2.75) is 0 Å². The van der Waals surface area contributed by atoms with Crippen LogP contribution in [-0.2, 0) is 0 Å². The highest BCUT2D eigenvalue weighted by Crippen LogP contribution is 2.42. The summed E-state index contributed by atoms with van der Waals surface area (Å²) in [5.41, 5.74) is 3.45. The van der Waals surface area contributed by atoms with Crippen LogP contribution in [0.15, 0.2) is 83.3 Å². The van der Waals surface area contributed by atoms with E-state index in [1.165, 1.54) is 6.07 Å².